The predicted molar refractivity (Wildman–Crippen MR) is 89.9 cm³/mol. The molecule has 1 saturated heterocycles. The number of primary amides is 1. The maximum absolute atomic E-state index is 13.0. The summed E-state index contributed by atoms with van der Waals surface area (Å²) in [7, 11) is -3.63. The van der Waals surface area contributed by atoms with Crippen molar-refractivity contribution in [2.45, 2.75) is 25.2 Å². The first kappa shape index (κ1) is 17.6. The molecule has 1 aliphatic rings. The van der Waals surface area contributed by atoms with Gasteiger partial charge in [-0.15, -0.1) is 5.10 Å². The zero-order valence-electron chi connectivity index (χ0n) is 14.1. The van der Waals surface area contributed by atoms with Gasteiger partial charge in [0.2, 0.25) is 10.0 Å². The number of nitrogens with two attached hydrogens (primary N) is 1. The lowest BCUT2D eigenvalue weighted by atomic mass is 9.94. The maximum Gasteiger partial charge on any atom is 0.258 e. The zero-order chi connectivity index (χ0) is 18.2. The Morgan fingerprint density at radius 2 is 2.00 bits per heavy atom. The Kier molecular flexibility index (Phi) is 4.65. The summed E-state index contributed by atoms with van der Waals surface area (Å²) in [6.07, 6.45) is 1.02. The third-order valence-electron chi connectivity index (χ3n) is 4.19. The lowest BCUT2D eigenvalue weighted by Crippen LogP contribution is -2.42. The van der Waals surface area contributed by atoms with Crippen LogP contribution in [0, 0.1) is 11.8 Å². The fraction of sp³-hybridized carbons (Fsp3) is 0.533. The lowest BCUT2D eigenvalue weighted by molar-refractivity contribution is -0.123. The van der Waals surface area contributed by atoms with E-state index in [4.69, 9.17) is 10.6 Å². The Labute approximate surface area is 145 Å². The van der Waals surface area contributed by atoms with Crippen LogP contribution < -0.4 is 10.6 Å². The van der Waals surface area contributed by atoms with E-state index in [9.17, 15) is 13.2 Å². The van der Waals surface area contributed by atoms with Crippen LogP contribution >= 0.6 is 0 Å². The molecule has 1 aromatic heterocycles. The van der Waals surface area contributed by atoms with E-state index in [1.165, 1.54) is 16.4 Å². The molecule has 0 radical (unpaired) electrons. The number of aromatic nitrogens is 3. The fourth-order valence-corrected chi connectivity index (χ4v) is 4.91. The molecule has 0 unspecified atom stereocenters. The quantitative estimate of drug-likeness (QED) is 0.795. The highest BCUT2D eigenvalue weighted by molar-refractivity contribution is 7.89. The molecule has 3 rings (SSSR count). The van der Waals surface area contributed by atoms with Gasteiger partial charge in [0, 0.05) is 13.1 Å². The summed E-state index contributed by atoms with van der Waals surface area (Å²) in [5.41, 5.74) is 5.87. The average Bonchev–Trinajstić information content (AvgIpc) is 2.94. The summed E-state index contributed by atoms with van der Waals surface area (Å²) in [6, 6.07) is 4.53. The van der Waals surface area contributed by atoms with E-state index >= 15 is 0 Å². The minimum atomic E-state index is -3.63. The number of sulfonamides is 1. The molecule has 0 saturated carbocycles. The minimum Gasteiger partial charge on any atom is -0.385 e. The highest BCUT2D eigenvalue weighted by Crippen LogP contribution is 2.27. The standard InChI is InChI=1S/C15H21N5O4S/c1-10-5-11(2)8-19(7-10)25(22,23)12-3-4-13-14(6-12)20(18-17-13)24-9-15(16)21/h3-4,6,10-11H,5,7-9H2,1-2H3,(H2,16,21)/t10-,11-/m0/s1. The number of benzene rings is 1. The number of rotatable bonds is 5. The molecule has 2 atom stereocenters. The molecule has 10 heteroatoms. The molecule has 136 valence electrons. The number of carbonyl (C=O) groups is 1. The van der Waals surface area contributed by atoms with Crippen LogP contribution in [0.4, 0.5) is 0 Å². The largest absolute Gasteiger partial charge is 0.385 e. The van der Waals surface area contributed by atoms with Crippen molar-refractivity contribution in [1.29, 1.82) is 0 Å². The van der Waals surface area contributed by atoms with Gasteiger partial charge in [0.1, 0.15) is 11.0 Å². The Morgan fingerprint density at radius 3 is 2.64 bits per heavy atom. The molecule has 1 aromatic carbocycles. The first-order valence-corrected chi connectivity index (χ1v) is 9.48. The fourth-order valence-electron chi connectivity index (χ4n) is 3.21. The van der Waals surface area contributed by atoms with Gasteiger partial charge in [-0.2, -0.15) is 4.31 Å². The van der Waals surface area contributed by atoms with Crippen molar-refractivity contribution >= 4 is 27.0 Å². The topological polar surface area (TPSA) is 120 Å². The Hall–Kier alpha value is -2.20. The van der Waals surface area contributed by atoms with E-state index in [0.717, 1.165) is 11.3 Å². The van der Waals surface area contributed by atoms with Gasteiger partial charge in [-0.05, 0) is 41.7 Å². The minimum absolute atomic E-state index is 0.146. The number of piperidine rings is 1. The molecular formula is C15H21N5O4S. The van der Waals surface area contributed by atoms with Gasteiger partial charge in [-0.3, -0.25) is 4.79 Å². The van der Waals surface area contributed by atoms with Gasteiger partial charge in [0.25, 0.3) is 5.91 Å². The molecular weight excluding hydrogens is 346 g/mol. The molecule has 2 N–H and O–H groups in total. The van der Waals surface area contributed by atoms with Crippen LogP contribution in [0.5, 0.6) is 0 Å². The molecule has 1 fully saturated rings. The van der Waals surface area contributed by atoms with Crippen LogP contribution in [0.15, 0.2) is 23.1 Å². The van der Waals surface area contributed by atoms with Gasteiger partial charge in [0.15, 0.2) is 6.61 Å². The zero-order valence-corrected chi connectivity index (χ0v) is 14.9. The Bertz CT molecular complexity index is 884. The van der Waals surface area contributed by atoms with Crippen LogP contribution in [0.1, 0.15) is 20.3 Å². The molecule has 2 heterocycles. The van der Waals surface area contributed by atoms with Gasteiger partial charge >= 0.3 is 0 Å². The number of fused-ring (bicyclic) bond motifs is 1. The summed E-state index contributed by atoms with van der Waals surface area (Å²) in [6.45, 7) is 4.73. The van der Waals surface area contributed by atoms with Gasteiger partial charge in [0.05, 0.1) is 4.90 Å². The van der Waals surface area contributed by atoms with E-state index in [0.29, 0.717) is 36.0 Å². The Balaban J connectivity index is 1.94. The predicted octanol–water partition coefficient (Wildman–Crippen LogP) is 0.0118. The van der Waals surface area contributed by atoms with Crippen molar-refractivity contribution in [3.8, 4) is 0 Å². The lowest BCUT2D eigenvalue weighted by Gasteiger charge is -2.34. The molecule has 1 aliphatic heterocycles. The van der Waals surface area contributed by atoms with E-state index in [2.05, 4.69) is 24.2 Å². The van der Waals surface area contributed by atoms with Crippen LogP contribution in [0.3, 0.4) is 0 Å². The molecule has 0 aliphatic carbocycles. The molecule has 1 amide bonds. The molecule has 0 bridgehead atoms. The van der Waals surface area contributed by atoms with Crippen molar-refractivity contribution in [3.63, 3.8) is 0 Å². The molecule has 2 aromatic rings. The summed E-state index contributed by atoms with van der Waals surface area (Å²) in [5, 5.41) is 7.64. The van der Waals surface area contributed by atoms with E-state index < -0.39 is 15.9 Å². The number of amides is 1. The van der Waals surface area contributed by atoms with Crippen LogP contribution in [0.2, 0.25) is 0 Å². The smallest absolute Gasteiger partial charge is 0.258 e. The number of carbonyl (C=O) groups excluding carboxylic acids is 1. The van der Waals surface area contributed by atoms with Crippen molar-refractivity contribution in [2.24, 2.45) is 17.6 Å². The second-order valence-corrected chi connectivity index (χ2v) is 8.56. The van der Waals surface area contributed by atoms with E-state index in [-0.39, 0.29) is 11.5 Å². The third kappa shape index (κ3) is 3.59. The summed E-state index contributed by atoms with van der Waals surface area (Å²) >= 11 is 0. The van der Waals surface area contributed by atoms with Crippen molar-refractivity contribution in [3.05, 3.63) is 18.2 Å². The first-order valence-electron chi connectivity index (χ1n) is 8.04. The highest BCUT2D eigenvalue weighted by Gasteiger charge is 2.32. The summed E-state index contributed by atoms with van der Waals surface area (Å²) in [5.74, 6) is -0.0366. The van der Waals surface area contributed by atoms with Crippen LogP contribution in [-0.4, -0.2) is 53.5 Å². The Morgan fingerprint density at radius 1 is 1.32 bits per heavy atom. The van der Waals surface area contributed by atoms with Crippen molar-refractivity contribution in [1.82, 2.24) is 19.5 Å². The molecule has 9 nitrogen and oxygen atoms in total. The average molecular weight is 367 g/mol. The van der Waals surface area contributed by atoms with Crippen LogP contribution in [-0.2, 0) is 14.8 Å². The highest BCUT2D eigenvalue weighted by atomic mass is 32.2. The third-order valence-corrected chi connectivity index (χ3v) is 6.02. The SMILES string of the molecule is C[C@H]1C[C@H](C)CN(S(=O)(=O)c2ccc3nnn(OCC(N)=O)c3c2)C1. The van der Waals surface area contributed by atoms with E-state index in [1.807, 2.05) is 0 Å². The summed E-state index contributed by atoms with van der Waals surface area (Å²) in [4.78, 5) is 17.1. The summed E-state index contributed by atoms with van der Waals surface area (Å²) < 4.78 is 27.5. The van der Waals surface area contributed by atoms with Gasteiger partial charge in [-0.25, -0.2) is 8.42 Å². The molecule has 0 spiro atoms. The normalized spacial score (nSPS) is 22.2. The second-order valence-electron chi connectivity index (χ2n) is 6.62. The van der Waals surface area contributed by atoms with Crippen molar-refractivity contribution in [2.75, 3.05) is 19.7 Å². The number of hydrogen-bond acceptors (Lipinski definition) is 6. The molecule has 25 heavy (non-hydrogen) atoms. The number of hydrogen-bond donors (Lipinski definition) is 1. The maximum atomic E-state index is 13.0. The van der Waals surface area contributed by atoms with Crippen molar-refractivity contribution < 1.29 is 18.0 Å². The van der Waals surface area contributed by atoms with Gasteiger partial charge < -0.3 is 10.6 Å². The monoisotopic (exact) mass is 367 g/mol. The number of nitrogens with zero attached hydrogens (tertiary/aromatic N) is 4. The van der Waals surface area contributed by atoms with Crippen LogP contribution in [0.25, 0.3) is 11.0 Å². The first-order chi connectivity index (χ1) is 11.8. The van der Waals surface area contributed by atoms with Gasteiger partial charge in [-0.1, -0.05) is 18.7 Å². The second kappa shape index (κ2) is 6.60. The van der Waals surface area contributed by atoms with E-state index in [1.54, 1.807) is 6.07 Å².